The van der Waals surface area contributed by atoms with Crippen LogP contribution in [0.15, 0.2) is 12.4 Å². The molecule has 176 valence electrons. The first-order valence-electron chi connectivity index (χ1n) is 12.2. The summed E-state index contributed by atoms with van der Waals surface area (Å²) in [6.45, 7) is 3.32. The lowest BCUT2D eigenvalue weighted by Gasteiger charge is -2.63. The van der Waals surface area contributed by atoms with Crippen molar-refractivity contribution in [1.82, 2.24) is 34.8 Å². The molecule has 5 fully saturated rings. The standard InChI is InChI=1S/C23H29F2N7O/c24-19(25)20-26-13-32(29-20)17-7-23(8-17)11-31(12-23)21(33)30-9-22(10-30)5-14(6-22)3-16-4-18(28-27-16)15-1-2-15/h4,13-15,17,19H,1-3,5-12H2,(H,27,28). The molecule has 8 nitrogen and oxygen atoms in total. The Bertz CT molecular complexity index is 1060. The first-order chi connectivity index (χ1) is 15.9. The molecule has 2 aliphatic heterocycles. The molecule has 2 saturated heterocycles. The predicted octanol–water partition coefficient (Wildman–Crippen LogP) is 3.53. The number of nitrogens with zero attached hydrogens (tertiary/aromatic N) is 6. The number of carbonyl (C=O) groups is 1. The minimum atomic E-state index is -2.63. The lowest BCUT2D eigenvalue weighted by Crippen LogP contribution is -2.71. The highest BCUT2D eigenvalue weighted by atomic mass is 19.3. The fourth-order valence-corrected chi connectivity index (χ4v) is 6.90. The van der Waals surface area contributed by atoms with Gasteiger partial charge in [-0.15, -0.1) is 5.10 Å². The summed E-state index contributed by atoms with van der Waals surface area (Å²) in [5, 5.41) is 11.6. The number of nitrogens with one attached hydrogen (secondary N) is 1. The normalized spacial score (nSPS) is 25.8. The molecule has 2 amide bonds. The Hall–Kier alpha value is -2.52. The Morgan fingerprint density at radius 2 is 1.76 bits per heavy atom. The highest BCUT2D eigenvalue weighted by Crippen LogP contribution is 2.56. The molecule has 2 aromatic rings. The fraction of sp³-hybridized carbons (Fsp3) is 0.739. The summed E-state index contributed by atoms with van der Waals surface area (Å²) in [5.41, 5.74) is 2.99. The topological polar surface area (TPSA) is 82.9 Å². The summed E-state index contributed by atoms with van der Waals surface area (Å²) in [4.78, 5) is 20.5. The van der Waals surface area contributed by atoms with Gasteiger partial charge in [-0.25, -0.2) is 23.2 Å². The molecule has 0 atom stereocenters. The van der Waals surface area contributed by atoms with E-state index in [1.54, 1.807) is 4.68 Å². The van der Waals surface area contributed by atoms with Crippen LogP contribution in [0.25, 0.3) is 0 Å². The molecule has 3 saturated carbocycles. The van der Waals surface area contributed by atoms with Crippen molar-refractivity contribution in [3.05, 3.63) is 29.6 Å². The van der Waals surface area contributed by atoms with Gasteiger partial charge in [0, 0.05) is 48.6 Å². The van der Waals surface area contributed by atoms with Crippen molar-refractivity contribution in [2.24, 2.45) is 16.7 Å². The number of hydrogen-bond acceptors (Lipinski definition) is 4. The number of halogens is 2. The molecular weight excluding hydrogens is 428 g/mol. The smallest absolute Gasteiger partial charge is 0.320 e. The van der Waals surface area contributed by atoms with Crippen LogP contribution in [0, 0.1) is 16.7 Å². The van der Waals surface area contributed by atoms with Crippen LogP contribution in [-0.4, -0.2) is 67.0 Å². The van der Waals surface area contributed by atoms with E-state index in [0.717, 1.165) is 51.4 Å². The van der Waals surface area contributed by atoms with Crippen molar-refractivity contribution in [3.8, 4) is 0 Å². The Morgan fingerprint density at radius 1 is 1.09 bits per heavy atom. The Balaban J connectivity index is 0.845. The van der Waals surface area contributed by atoms with E-state index in [1.807, 2.05) is 9.80 Å². The monoisotopic (exact) mass is 457 g/mol. The summed E-state index contributed by atoms with van der Waals surface area (Å²) < 4.78 is 27.0. The van der Waals surface area contributed by atoms with Crippen LogP contribution in [0.3, 0.4) is 0 Å². The quantitative estimate of drug-likeness (QED) is 0.745. The number of rotatable bonds is 5. The summed E-state index contributed by atoms with van der Waals surface area (Å²) >= 11 is 0. The number of likely N-dealkylation sites (tertiary alicyclic amines) is 2. The highest BCUT2D eigenvalue weighted by molar-refractivity contribution is 5.77. The van der Waals surface area contributed by atoms with Gasteiger partial charge in [-0.1, -0.05) is 0 Å². The van der Waals surface area contributed by atoms with Gasteiger partial charge in [0.15, 0.2) is 0 Å². The van der Waals surface area contributed by atoms with Gasteiger partial charge in [-0.05, 0) is 56.9 Å². The molecule has 0 bridgehead atoms. The van der Waals surface area contributed by atoms with Crippen LogP contribution in [0.5, 0.6) is 0 Å². The minimum Gasteiger partial charge on any atom is -0.323 e. The number of H-pyrrole nitrogens is 1. The zero-order valence-electron chi connectivity index (χ0n) is 18.6. The Kier molecular flexibility index (Phi) is 4.08. The molecule has 2 aromatic heterocycles. The zero-order chi connectivity index (χ0) is 22.4. The first kappa shape index (κ1) is 19.9. The van der Waals surface area contributed by atoms with Gasteiger partial charge in [0.05, 0.1) is 11.7 Å². The second-order valence-corrected chi connectivity index (χ2v) is 11.5. The van der Waals surface area contributed by atoms with Crippen LogP contribution >= 0.6 is 0 Å². The average molecular weight is 458 g/mol. The van der Waals surface area contributed by atoms with Gasteiger partial charge in [0.25, 0.3) is 6.43 Å². The van der Waals surface area contributed by atoms with Gasteiger partial charge in [-0.3, -0.25) is 5.10 Å². The lowest BCUT2D eigenvalue weighted by atomic mass is 9.56. The number of aromatic nitrogens is 5. The average Bonchev–Trinajstić information content (AvgIpc) is 3.20. The molecule has 0 aromatic carbocycles. The van der Waals surface area contributed by atoms with E-state index in [-0.39, 0.29) is 17.5 Å². The summed E-state index contributed by atoms with van der Waals surface area (Å²) in [6.07, 6.45) is 6.58. The van der Waals surface area contributed by atoms with E-state index in [4.69, 9.17) is 0 Å². The third-order valence-electron chi connectivity index (χ3n) is 8.69. The van der Waals surface area contributed by atoms with Crippen molar-refractivity contribution in [3.63, 3.8) is 0 Å². The molecule has 5 aliphatic rings. The third kappa shape index (κ3) is 3.27. The molecule has 3 aliphatic carbocycles. The van der Waals surface area contributed by atoms with Crippen LogP contribution in [0.2, 0.25) is 0 Å². The van der Waals surface area contributed by atoms with E-state index in [9.17, 15) is 13.6 Å². The zero-order valence-corrected chi connectivity index (χ0v) is 18.6. The maximum Gasteiger partial charge on any atom is 0.320 e. The molecular formula is C23H29F2N7O. The molecule has 33 heavy (non-hydrogen) atoms. The minimum absolute atomic E-state index is 0.122. The molecule has 0 radical (unpaired) electrons. The largest absolute Gasteiger partial charge is 0.323 e. The van der Waals surface area contributed by atoms with Crippen molar-refractivity contribution in [2.75, 3.05) is 26.2 Å². The molecule has 10 heteroatoms. The number of amides is 2. The SMILES string of the molecule is O=C(N1CC2(CC(Cc3cc(C4CC4)[nH]n3)C2)C1)N1CC2(CC(n3cnc(C(F)F)n3)C2)C1. The summed E-state index contributed by atoms with van der Waals surface area (Å²) in [6, 6.07) is 2.54. The third-order valence-corrected chi connectivity index (χ3v) is 8.69. The van der Waals surface area contributed by atoms with Gasteiger partial charge < -0.3 is 9.80 Å². The van der Waals surface area contributed by atoms with E-state index < -0.39 is 12.2 Å². The van der Waals surface area contributed by atoms with Crippen LogP contribution in [-0.2, 0) is 6.42 Å². The Labute approximate surface area is 190 Å². The van der Waals surface area contributed by atoms with E-state index in [0.29, 0.717) is 11.3 Å². The number of alkyl halides is 2. The number of carbonyl (C=O) groups excluding carboxylic acids is 1. The highest BCUT2D eigenvalue weighted by Gasteiger charge is 2.58. The van der Waals surface area contributed by atoms with Crippen molar-refractivity contribution in [2.45, 2.75) is 63.3 Å². The number of hydrogen-bond donors (Lipinski definition) is 1. The van der Waals surface area contributed by atoms with Gasteiger partial charge >= 0.3 is 6.03 Å². The molecule has 4 heterocycles. The maximum absolute atomic E-state index is 12.9. The van der Waals surface area contributed by atoms with Crippen LogP contribution in [0.4, 0.5) is 13.6 Å². The van der Waals surface area contributed by atoms with Crippen molar-refractivity contribution < 1.29 is 13.6 Å². The fourth-order valence-electron chi connectivity index (χ4n) is 6.90. The van der Waals surface area contributed by atoms with Crippen molar-refractivity contribution >= 4 is 6.03 Å². The predicted molar refractivity (Wildman–Crippen MR) is 114 cm³/mol. The van der Waals surface area contributed by atoms with Crippen LogP contribution in [0.1, 0.15) is 74.1 Å². The lowest BCUT2D eigenvalue weighted by molar-refractivity contribution is -0.107. The summed E-state index contributed by atoms with van der Waals surface area (Å²) in [7, 11) is 0. The molecule has 0 unspecified atom stereocenters. The van der Waals surface area contributed by atoms with E-state index in [1.165, 1.54) is 43.4 Å². The van der Waals surface area contributed by atoms with Gasteiger partial charge in [-0.2, -0.15) is 5.10 Å². The summed E-state index contributed by atoms with van der Waals surface area (Å²) in [5.74, 6) is 1.01. The number of aromatic amines is 1. The second-order valence-electron chi connectivity index (χ2n) is 11.5. The van der Waals surface area contributed by atoms with Crippen LogP contribution < -0.4 is 0 Å². The molecule has 1 N–H and O–H groups in total. The van der Waals surface area contributed by atoms with E-state index in [2.05, 4.69) is 26.3 Å². The van der Waals surface area contributed by atoms with E-state index >= 15 is 0 Å². The van der Waals surface area contributed by atoms with Crippen molar-refractivity contribution in [1.29, 1.82) is 0 Å². The second kappa shape index (κ2) is 6.76. The molecule has 7 rings (SSSR count). The Morgan fingerprint density at radius 3 is 2.36 bits per heavy atom. The number of urea groups is 1. The van der Waals surface area contributed by atoms with Gasteiger partial charge in [0.2, 0.25) is 5.82 Å². The first-order valence-corrected chi connectivity index (χ1v) is 12.2. The molecule has 2 spiro atoms. The maximum atomic E-state index is 12.9. The van der Waals surface area contributed by atoms with Gasteiger partial charge in [0.1, 0.15) is 6.33 Å².